The van der Waals surface area contributed by atoms with E-state index in [-0.39, 0.29) is 0 Å². The molecule has 1 heterocycles. The van der Waals surface area contributed by atoms with Crippen molar-refractivity contribution in [2.75, 3.05) is 23.3 Å². The summed E-state index contributed by atoms with van der Waals surface area (Å²) in [6, 6.07) is 0.708. The molecular formula is C16H28N4. The van der Waals surface area contributed by atoms with E-state index in [9.17, 15) is 0 Å². The predicted molar refractivity (Wildman–Crippen MR) is 85.5 cm³/mol. The van der Waals surface area contributed by atoms with Crippen LogP contribution in [0.15, 0.2) is 6.33 Å². The van der Waals surface area contributed by atoms with Gasteiger partial charge < -0.3 is 10.2 Å². The fourth-order valence-corrected chi connectivity index (χ4v) is 2.62. The molecule has 1 saturated carbocycles. The summed E-state index contributed by atoms with van der Waals surface area (Å²) in [6.45, 7) is 8.73. The van der Waals surface area contributed by atoms with Crippen LogP contribution >= 0.6 is 0 Å². The Hall–Kier alpha value is -1.32. The van der Waals surface area contributed by atoms with E-state index in [4.69, 9.17) is 0 Å². The van der Waals surface area contributed by atoms with Crippen LogP contribution in [0.1, 0.15) is 58.4 Å². The van der Waals surface area contributed by atoms with Crippen molar-refractivity contribution in [1.29, 1.82) is 0 Å². The Bertz CT molecular complexity index is 415. The highest BCUT2D eigenvalue weighted by atomic mass is 15.2. The van der Waals surface area contributed by atoms with Crippen LogP contribution in [0.25, 0.3) is 0 Å². The molecule has 4 heteroatoms. The summed E-state index contributed by atoms with van der Waals surface area (Å²) in [6.07, 6.45) is 8.81. The number of nitrogens with zero attached hydrogens (tertiary/aromatic N) is 3. The predicted octanol–water partition coefficient (Wildman–Crippen LogP) is 3.63. The zero-order valence-electron chi connectivity index (χ0n) is 13.2. The first kappa shape index (κ1) is 15.1. The van der Waals surface area contributed by atoms with Crippen LogP contribution in [0.5, 0.6) is 0 Å². The van der Waals surface area contributed by atoms with Gasteiger partial charge in [-0.1, -0.05) is 27.2 Å². The van der Waals surface area contributed by atoms with Crippen LogP contribution in [0.3, 0.4) is 0 Å². The van der Waals surface area contributed by atoms with E-state index in [0.717, 1.165) is 38.2 Å². The van der Waals surface area contributed by atoms with Crippen LogP contribution in [0, 0.1) is 0 Å². The highest BCUT2D eigenvalue weighted by Gasteiger charge is 2.31. The molecule has 1 aliphatic carbocycles. The second kappa shape index (κ2) is 7.46. The maximum absolute atomic E-state index is 4.62. The molecule has 0 radical (unpaired) electrons. The average Bonchev–Trinajstić information content (AvgIpc) is 3.28. The molecule has 20 heavy (non-hydrogen) atoms. The fraction of sp³-hybridized carbons (Fsp3) is 0.750. The molecule has 1 aromatic heterocycles. The van der Waals surface area contributed by atoms with Crippen molar-refractivity contribution in [3.8, 4) is 0 Å². The van der Waals surface area contributed by atoms with E-state index in [1.54, 1.807) is 6.33 Å². The lowest BCUT2D eigenvalue weighted by atomic mass is 10.1. The monoisotopic (exact) mass is 276 g/mol. The molecule has 0 atom stereocenters. The van der Waals surface area contributed by atoms with Gasteiger partial charge in [-0.25, -0.2) is 9.97 Å². The first-order valence-corrected chi connectivity index (χ1v) is 8.16. The lowest BCUT2D eigenvalue weighted by Crippen LogP contribution is -2.29. The molecule has 0 spiro atoms. The van der Waals surface area contributed by atoms with E-state index in [2.05, 4.69) is 41.0 Å². The average molecular weight is 276 g/mol. The minimum atomic E-state index is 0.708. The summed E-state index contributed by atoms with van der Waals surface area (Å²) in [5.74, 6) is 2.21. The van der Waals surface area contributed by atoms with Gasteiger partial charge in [0.1, 0.15) is 18.0 Å². The second-order valence-electron chi connectivity index (χ2n) is 5.63. The summed E-state index contributed by atoms with van der Waals surface area (Å²) in [4.78, 5) is 11.6. The topological polar surface area (TPSA) is 41.1 Å². The van der Waals surface area contributed by atoms with E-state index in [1.807, 2.05) is 0 Å². The maximum atomic E-state index is 4.62. The molecule has 0 amide bonds. The van der Waals surface area contributed by atoms with Crippen LogP contribution in [0.4, 0.5) is 11.6 Å². The van der Waals surface area contributed by atoms with Crippen LogP contribution in [-0.4, -0.2) is 29.1 Å². The molecular weight excluding hydrogens is 248 g/mol. The van der Waals surface area contributed by atoms with E-state index in [1.165, 1.54) is 30.6 Å². The van der Waals surface area contributed by atoms with Crippen molar-refractivity contribution < 1.29 is 0 Å². The van der Waals surface area contributed by atoms with Gasteiger partial charge in [-0.3, -0.25) is 0 Å². The summed E-state index contributed by atoms with van der Waals surface area (Å²) >= 11 is 0. The third-order valence-corrected chi connectivity index (χ3v) is 3.69. The Morgan fingerprint density at radius 2 is 1.95 bits per heavy atom. The number of hydrogen-bond acceptors (Lipinski definition) is 4. The van der Waals surface area contributed by atoms with Crippen molar-refractivity contribution in [2.24, 2.45) is 0 Å². The second-order valence-corrected chi connectivity index (χ2v) is 5.63. The lowest BCUT2D eigenvalue weighted by Gasteiger charge is -2.26. The summed E-state index contributed by atoms with van der Waals surface area (Å²) in [7, 11) is 0. The highest BCUT2D eigenvalue weighted by molar-refractivity contribution is 5.59. The fourth-order valence-electron chi connectivity index (χ4n) is 2.62. The van der Waals surface area contributed by atoms with Crippen molar-refractivity contribution in [1.82, 2.24) is 9.97 Å². The van der Waals surface area contributed by atoms with Gasteiger partial charge in [-0.05, 0) is 32.1 Å². The Labute approximate surface area is 123 Å². The zero-order chi connectivity index (χ0) is 14.4. The van der Waals surface area contributed by atoms with Gasteiger partial charge in [-0.2, -0.15) is 0 Å². The largest absolute Gasteiger partial charge is 0.370 e. The molecule has 1 aromatic rings. The summed E-state index contributed by atoms with van der Waals surface area (Å²) in [5.41, 5.74) is 1.31. The van der Waals surface area contributed by atoms with Crippen LogP contribution < -0.4 is 10.2 Å². The van der Waals surface area contributed by atoms with Gasteiger partial charge in [0.25, 0.3) is 0 Å². The number of hydrogen-bond donors (Lipinski definition) is 1. The zero-order valence-corrected chi connectivity index (χ0v) is 13.2. The lowest BCUT2D eigenvalue weighted by molar-refractivity contribution is 0.736. The highest BCUT2D eigenvalue weighted by Crippen LogP contribution is 2.34. The first-order chi connectivity index (χ1) is 9.81. The molecule has 1 aliphatic rings. The summed E-state index contributed by atoms with van der Waals surface area (Å²) in [5, 5.41) is 3.47. The molecule has 0 bridgehead atoms. The molecule has 0 saturated heterocycles. The molecule has 0 aliphatic heterocycles. The quantitative estimate of drug-likeness (QED) is 0.748. The molecule has 112 valence electrons. The minimum absolute atomic E-state index is 0.708. The molecule has 4 nitrogen and oxygen atoms in total. The van der Waals surface area contributed by atoms with E-state index >= 15 is 0 Å². The molecule has 1 N–H and O–H groups in total. The SMILES string of the molecule is CCCNc1ncnc(N(CCC)C2CC2)c1CCC. The van der Waals surface area contributed by atoms with E-state index < -0.39 is 0 Å². The van der Waals surface area contributed by atoms with Crippen molar-refractivity contribution in [3.05, 3.63) is 11.9 Å². The Balaban J connectivity index is 2.28. The number of aromatic nitrogens is 2. The third kappa shape index (κ3) is 3.62. The van der Waals surface area contributed by atoms with Gasteiger partial charge in [-0.15, -0.1) is 0 Å². The summed E-state index contributed by atoms with van der Waals surface area (Å²) < 4.78 is 0. The van der Waals surface area contributed by atoms with Gasteiger partial charge in [0.15, 0.2) is 0 Å². The molecule has 1 fully saturated rings. The van der Waals surface area contributed by atoms with Crippen molar-refractivity contribution >= 4 is 11.6 Å². The Morgan fingerprint density at radius 3 is 2.55 bits per heavy atom. The van der Waals surface area contributed by atoms with Crippen molar-refractivity contribution in [2.45, 2.75) is 65.3 Å². The van der Waals surface area contributed by atoms with Gasteiger partial charge in [0.05, 0.1) is 0 Å². The maximum Gasteiger partial charge on any atom is 0.137 e. The van der Waals surface area contributed by atoms with Crippen LogP contribution in [0.2, 0.25) is 0 Å². The number of nitrogens with one attached hydrogen (secondary N) is 1. The van der Waals surface area contributed by atoms with Crippen LogP contribution in [-0.2, 0) is 6.42 Å². The van der Waals surface area contributed by atoms with Gasteiger partial charge >= 0.3 is 0 Å². The third-order valence-electron chi connectivity index (χ3n) is 3.69. The normalized spacial score (nSPS) is 14.3. The minimum Gasteiger partial charge on any atom is -0.370 e. The number of anilines is 2. The Kier molecular flexibility index (Phi) is 5.62. The Morgan fingerprint density at radius 1 is 1.15 bits per heavy atom. The molecule has 0 aromatic carbocycles. The molecule has 2 rings (SSSR count). The number of rotatable bonds is 9. The van der Waals surface area contributed by atoms with E-state index in [0.29, 0.717) is 6.04 Å². The van der Waals surface area contributed by atoms with Gasteiger partial charge in [0.2, 0.25) is 0 Å². The molecule has 0 unspecified atom stereocenters. The van der Waals surface area contributed by atoms with Gasteiger partial charge in [0, 0.05) is 24.7 Å². The standard InChI is InChI=1S/C16H28N4/c1-4-7-14-15(17-10-5-2)18-12-19-16(14)20(11-6-3)13-8-9-13/h12-13H,4-11H2,1-3H3,(H,17,18,19). The van der Waals surface area contributed by atoms with Crippen molar-refractivity contribution in [3.63, 3.8) is 0 Å². The first-order valence-electron chi connectivity index (χ1n) is 8.16. The smallest absolute Gasteiger partial charge is 0.137 e.